The van der Waals surface area contributed by atoms with Gasteiger partial charge in [-0.1, -0.05) is 56.0 Å². The van der Waals surface area contributed by atoms with Crippen molar-refractivity contribution in [3.8, 4) is 5.75 Å². The molecule has 0 N–H and O–H groups in total. The van der Waals surface area contributed by atoms with E-state index >= 15 is 0 Å². The van der Waals surface area contributed by atoms with Crippen molar-refractivity contribution in [1.29, 1.82) is 0 Å². The number of aryl methyl sites for hydroxylation is 1. The van der Waals surface area contributed by atoms with Crippen LogP contribution in [-0.2, 0) is 6.42 Å². The van der Waals surface area contributed by atoms with Gasteiger partial charge in [0.25, 0.3) is 0 Å². The number of unbranched alkanes of at least 4 members (excludes halogenated alkanes) is 1. The highest BCUT2D eigenvalue weighted by Gasteiger charge is 2.37. The van der Waals surface area contributed by atoms with Crippen LogP contribution in [0.4, 0.5) is 17.6 Å². The van der Waals surface area contributed by atoms with Gasteiger partial charge in [0, 0.05) is 0 Å². The van der Waals surface area contributed by atoms with Crippen LogP contribution in [0, 0.1) is 17.6 Å². The Kier molecular flexibility index (Phi) is 7.63. The molecule has 0 spiro atoms. The van der Waals surface area contributed by atoms with Crippen LogP contribution >= 0.6 is 11.1 Å². The molecule has 2 aromatic rings. The number of halogens is 5. The molecule has 3 rings (SSSR count). The van der Waals surface area contributed by atoms with E-state index in [-0.39, 0.29) is 0 Å². The maximum absolute atomic E-state index is 13.8. The smallest absolute Gasteiger partial charge is 0.387 e. The van der Waals surface area contributed by atoms with Gasteiger partial charge in [-0.15, -0.1) is 0 Å². The third-order valence-electron chi connectivity index (χ3n) is 5.78. The summed E-state index contributed by atoms with van der Waals surface area (Å²) >= 11 is 6.99. The van der Waals surface area contributed by atoms with E-state index in [0.717, 1.165) is 56.3 Å². The third-order valence-corrected chi connectivity index (χ3v) is 11.1. The summed E-state index contributed by atoms with van der Waals surface area (Å²) in [4.78, 5) is 0. The summed E-state index contributed by atoms with van der Waals surface area (Å²) in [5, 5.41) is 1.32. The first kappa shape index (κ1) is 22.2. The molecule has 29 heavy (non-hydrogen) atoms. The SMILES string of the molecule is Fc1cc(CCCCC2CC[Si](Cl)(c3ccccc3)CC2)cc(F)c1OC(F)F. The molecule has 0 amide bonds. The second-order valence-electron chi connectivity index (χ2n) is 7.79. The number of rotatable bonds is 8. The third kappa shape index (κ3) is 5.98. The zero-order valence-corrected chi connectivity index (χ0v) is 17.9. The van der Waals surface area contributed by atoms with Gasteiger partial charge in [0.1, 0.15) is 0 Å². The minimum atomic E-state index is -3.25. The summed E-state index contributed by atoms with van der Waals surface area (Å²) in [6.45, 7) is -3.25. The minimum absolute atomic E-state index is 0.460. The zero-order chi connectivity index (χ0) is 20.9. The Morgan fingerprint density at radius 3 is 2.21 bits per heavy atom. The summed E-state index contributed by atoms with van der Waals surface area (Å²) < 4.78 is 55.8. The molecule has 0 aromatic heterocycles. The lowest BCUT2D eigenvalue weighted by molar-refractivity contribution is -0.0546. The van der Waals surface area contributed by atoms with Gasteiger partial charge in [-0.2, -0.15) is 19.9 Å². The summed E-state index contributed by atoms with van der Waals surface area (Å²) in [6.07, 6.45) is 5.61. The highest BCUT2D eigenvalue weighted by atomic mass is 35.6. The molecule has 1 aliphatic rings. The number of hydrogen-bond donors (Lipinski definition) is 0. The lowest BCUT2D eigenvalue weighted by Crippen LogP contribution is -2.44. The molecular weight excluding hydrogens is 420 g/mol. The number of alkyl halides is 2. The molecule has 1 nitrogen and oxygen atoms in total. The molecule has 0 radical (unpaired) electrons. The van der Waals surface area contributed by atoms with Gasteiger partial charge >= 0.3 is 6.61 Å². The Bertz CT molecular complexity index is 772. The Morgan fingerprint density at radius 2 is 1.62 bits per heavy atom. The normalized spacial score (nSPS) is 22.1. The van der Waals surface area contributed by atoms with Gasteiger partial charge in [-0.25, -0.2) is 8.78 Å². The van der Waals surface area contributed by atoms with Crippen molar-refractivity contribution in [2.45, 2.75) is 57.2 Å². The van der Waals surface area contributed by atoms with E-state index in [4.69, 9.17) is 11.1 Å². The Morgan fingerprint density at radius 1 is 1.00 bits per heavy atom. The van der Waals surface area contributed by atoms with E-state index in [0.29, 0.717) is 17.9 Å². The first-order valence-electron chi connectivity index (χ1n) is 10.0. The van der Waals surface area contributed by atoms with Gasteiger partial charge in [0.15, 0.2) is 24.8 Å². The van der Waals surface area contributed by atoms with E-state index < -0.39 is 31.4 Å². The first-order chi connectivity index (χ1) is 13.9. The highest BCUT2D eigenvalue weighted by Crippen LogP contribution is 2.37. The maximum Gasteiger partial charge on any atom is 0.387 e. The lowest BCUT2D eigenvalue weighted by atomic mass is 9.94. The number of benzene rings is 2. The number of ether oxygens (including phenoxy) is 1. The molecule has 0 atom stereocenters. The van der Waals surface area contributed by atoms with Gasteiger partial charge in [0.2, 0.25) is 0 Å². The van der Waals surface area contributed by atoms with Gasteiger partial charge in [0.05, 0.1) is 0 Å². The van der Waals surface area contributed by atoms with E-state index in [9.17, 15) is 17.6 Å². The standard InChI is InChI=1S/C22H25ClF4OSi/c23-29(18-8-2-1-3-9-18)12-10-16(11-13-29)6-4-5-7-17-14-19(24)21(20(25)15-17)28-22(26)27/h1-3,8-9,14-16,22H,4-7,10-13H2. The van der Waals surface area contributed by atoms with Crippen LogP contribution < -0.4 is 9.92 Å². The zero-order valence-electron chi connectivity index (χ0n) is 16.2. The molecule has 1 heterocycles. The minimum Gasteiger partial charge on any atom is -0.429 e. The van der Waals surface area contributed by atoms with Gasteiger partial charge in [-0.3, -0.25) is 0 Å². The van der Waals surface area contributed by atoms with E-state index in [2.05, 4.69) is 29.0 Å². The number of hydrogen-bond acceptors (Lipinski definition) is 1. The van der Waals surface area contributed by atoms with Crippen molar-refractivity contribution in [1.82, 2.24) is 0 Å². The van der Waals surface area contributed by atoms with Crippen molar-refractivity contribution in [2.24, 2.45) is 5.92 Å². The van der Waals surface area contributed by atoms with Crippen molar-refractivity contribution in [3.63, 3.8) is 0 Å². The molecular formula is C22H25ClF4OSi. The van der Waals surface area contributed by atoms with Crippen molar-refractivity contribution in [2.75, 3.05) is 0 Å². The van der Waals surface area contributed by atoms with Crippen LogP contribution in [0.5, 0.6) is 5.75 Å². The predicted octanol–water partition coefficient (Wildman–Crippen LogP) is 6.78. The average Bonchev–Trinajstić information content (AvgIpc) is 2.70. The maximum atomic E-state index is 13.8. The Labute approximate surface area is 174 Å². The van der Waals surface area contributed by atoms with Crippen molar-refractivity contribution in [3.05, 3.63) is 59.7 Å². The fourth-order valence-electron chi connectivity index (χ4n) is 4.17. The topological polar surface area (TPSA) is 9.23 Å². The van der Waals surface area contributed by atoms with Crippen molar-refractivity contribution < 1.29 is 22.3 Å². The van der Waals surface area contributed by atoms with Crippen LogP contribution in [0.25, 0.3) is 0 Å². The van der Waals surface area contributed by atoms with Crippen LogP contribution in [0.1, 0.15) is 37.7 Å². The fraction of sp³-hybridized carbons (Fsp3) is 0.455. The summed E-state index contributed by atoms with van der Waals surface area (Å²) in [6, 6.07) is 14.7. The molecule has 0 bridgehead atoms. The van der Waals surface area contributed by atoms with Crippen molar-refractivity contribution >= 4 is 23.6 Å². The second-order valence-corrected chi connectivity index (χ2v) is 13.5. The first-order valence-corrected chi connectivity index (χ1v) is 13.5. The van der Waals surface area contributed by atoms with Crippen LogP contribution in [0.3, 0.4) is 0 Å². The summed E-state index contributed by atoms with van der Waals surface area (Å²) in [7, 11) is -1.86. The molecule has 1 fully saturated rings. The molecule has 0 unspecified atom stereocenters. The van der Waals surface area contributed by atoms with Crippen LogP contribution in [0.2, 0.25) is 12.1 Å². The monoisotopic (exact) mass is 444 g/mol. The molecule has 158 valence electrons. The molecule has 0 saturated carbocycles. The predicted molar refractivity (Wildman–Crippen MR) is 111 cm³/mol. The fourth-order valence-corrected chi connectivity index (χ4v) is 8.55. The van der Waals surface area contributed by atoms with E-state index in [1.54, 1.807) is 0 Å². The quantitative estimate of drug-likeness (QED) is 0.189. The van der Waals surface area contributed by atoms with E-state index in [1.807, 2.05) is 6.07 Å². The van der Waals surface area contributed by atoms with Crippen LogP contribution in [0.15, 0.2) is 42.5 Å². The van der Waals surface area contributed by atoms with E-state index in [1.165, 1.54) is 5.19 Å². The second kappa shape index (κ2) is 9.98. The Balaban J connectivity index is 1.43. The largest absolute Gasteiger partial charge is 0.429 e. The average molecular weight is 445 g/mol. The van der Waals surface area contributed by atoms with Gasteiger partial charge in [-0.05, 0) is 53.7 Å². The highest BCUT2D eigenvalue weighted by molar-refractivity contribution is 7.27. The summed E-state index contributed by atoms with van der Waals surface area (Å²) in [5.74, 6) is -2.54. The molecule has 7 heteroatoms. The molecule has 1 saturated heterocycles. The molecule has 0 aliphatic carbocycles. The molecule has 2 aromatic carbocycles. The lowest BCUT2D eigenvalue weighted by Gasteiger charge is -2.33. The molecule has 1 aliphatic heterocycles. The van der Waals surface area contributed by atoms with Gasteiger partial charge < -0.3 is 4.74 Å². The Hall–Kier alpha value is -1.53. The van der Waals surface area contributed by atoms with Crippen LogP contribution in [-0.4, -0.2) is 14.0 Å². The summed E-state index contributed by atoms with van der Waals surface area (Å²) in [5.41, 5.74) is 0.460.